The average molecular weight is 292 g/mol. The lowest BCUT2D eigenvalue weighted by molar-refractivity contribution is 0.0822. The van der Waals surface area contributed by atoms with Gasteiger partial charge in [0.2, 0.25) is 5.95 Å². The van der Waals surface area contributed by atoms with Gasteiger partial charge < -0.3 is 10.6 Å². The van der Waals surface area contributed by atoms with Gasteiger partial charge in [0.05, 0.1) is 5.69 Å². The number of rotatable bonds is 2. The Labute approximate surface area is 128 Å². The van der Waals surface area contributed by atoms with Crippen LogP contribution in [0.4, 0.5) is 5.95 Å². The second-order valence-electron chi connectivity index (χ2n) is 5.26. The van der Waals surface area contributed by atoms with E-state index in [2.05, 4.69) is 16.0 Å². The lowest BCUT2D eigenvalue weighted by Gasteiger charge is -2.11. The van der Waals surface area contributed by atoms with Gasteiger partial charge in [-0.15, -0.1) is 0 Å². The molecule has 5 heteroatoms. The standard InChI is InChI=1S/C17H16N4O/c1-21(2)16(22)15-10-14(19-17(18)20-15)13-8-7-11-5-3-4-6-12(11)9-13/h3-10H,1-2H3,(H2,18,19,20). The van der Waals surface area contributed by atoms with Gasteiger partial charge in [-0.3, -0.25) is 4.79 Å². The lowest BCUT2D eigenvalue weighted by Crippen LogP contribution is -2.23. The number of amides is 1. The number of anilines is 1. The summed E-state index contributed by atoms with van der Waals surface area (Å²) in [6.07, 6.45) is 0. The minimum Gasteiger partial charge on any atom is -0.368 e. The van der Waals surface area contributed by atoms with Crippen LogP contribution in [0.15, 0.2) is 48.5 Å². The Morgan fingerprint density at radius 1 is 1.00 bits per heavy atom. The molecule has 22 heavy (non-hydrogen) atoms. The Morgan fingerprint density at radius 3 is 2.45 bits per heavy atom. The van der Waals surface area contributed by atoms with Crippen LogP contribution in [0.1, 0.15) is 10.5 Å². The first-order valence-corrected chi connectivity index (χ1v) is 6.90. The molecule has 0 saturated carbocycles. The van der Waals surface area contributed by atoms with E-state index in [-0.39, 0.29) is 11.9 Å². The van der Waals surface area contributed by atoms with Gasteiger partial charge in [-0.1, -0.05) is 36.4 Å². The molecule has 0 atom stereocenters. The molecule has 0 unspecified atom stereocenters. The van der Waals surface area contributed by atoms with Crippen LogP contribution in [0.2, 0.25) is 0 Å². The number of aromatic nitrogens is 2. The molecular weight excluding hydrogens is 276 g/mol. The number of hydrogen-bond acceptors (Lipinski definition) is 4. The maximum Gasteiger partial charge on any atom is 0.272 e. The Morgan fingerprint density at radius 2 is 1.73 bits per heavy atom. The number of hydrogen-bond donors (Lipinski definition) is 1. The van der Waals surface area contributed by atoms with Gasteiger partial charge in [-0.25, -0.2) is 9.97 Å². The summed E-state index contributed by atoms with van der Waals surface area (Å²) >= 11 is 0. The second kappa shape index (κ2) is 5.44. The van der Waals surface area contributed by atoms with Crippen LogP contribution >= 0.6 is 0 Å². The Balaban J connectivity index is 2.11. The predicted molar refractivity (Wildman–Crippen MR) is 87.4 cm³/mol. The van der Waals surface area contributed by atoms with Gasteiger partial charge in [-0.2, -0.15) is 0 Å². The number of benzene rings is 2. The summed E-state index contributed by atoms with van der Waals surface area (Å²) in [6.45, 7) is 0. The molecule has 1 amide bonds. The first-order chi connectivity index (χ1) is 10.5. The monoisotopic (exact) mass is 292 g/mol. The number of nitrogens with zero attached hydrogens (tertiary/aromatic N) is 3. The van der Waals surface area contributed by atoms with E-state index in [1.807, 2.05) is 36.4 Å². The number of fused-ring (bicyclic) bond motifs is 1. The van der Waals surface area contributed by atoms with Crippen molar-refractivity contribution in [1.82, 2.24) is 14.9 Å². The van der Waals surface area contributed by atoms with Crippen molar-refractivity contribution in [3.63, 3.8) is 0 Å². The van der Waals surface area contributed by atoms with E-state index in [4.69, 9.17) is 5.73 Å². The van der Waals surface area contributed by atoms with Crippen molar-refractivity contribution in [2.24, 2.45) is 0 Å². The fourth-order valence-electron chi connectivity index (χ4n) is 2.30. The Kier molecular flexibility index (Phi) is 3.47. The maximum absolute atomic E-state index is 12.1. The minimum atomic E-state index is -0.198. The number of nitrogen functional groups attached to an aromatic ring is 1. The zero-order chi connectivity index (χ0) is 15.7. The van der Waals surface area contributed by atoms with Crippen LogP contribution in [0.5, 0.6) is 0 Å². The number of carbonyl (C=O) groups is 1. The van der Waals surface area contributed by atoms with Gasteiger partial charge in [0.1, 0.15) is 5.69 Å². The average Bonchev–Trinajstić information content (AvgIpc) is 2.53. The minimum absolute atomic E-state index is 0.0934. The van der Waals surface area contributed by atoms with Crippen LogP contribution in [0.25, 0.3) is 22.0 Å². The van der Waals surface area contributed by atoms with Crippen molar-refractivity contribution in [3.8, 4) is 11.3 Å². The van der Waals surface area contributed by atoms with Crippen molar-refractivity contribution < 1.29 is 4.79 Å². The highest BCUT2D eigenvalue weighted by Crippen LogP contribution is 2.24. The molecule has 2 aromatic carbocycles. The molecule has 1 heterocycles. The third kappa shape index (κ3) is 2.61. The predicted octanol–water partition coefficient (Wildman–Crippen LogP) is 2.58. The van der Waals surface area contributed by atoms with Crippen LogP contribution in [0.3, 0.4) is 0 Å². The zero-order valence-electron chi connectivity index (χ0n) is 12.4. The van der Waals surface area contributed by atoms with Gasteiger partial charge in [0, 0.05) is 19.7 Å². The maximum atomic E-state index is 12.1. The number of carbonyl (C=O) groups excluding carboxylic acids is 1. The van der Waals surface area contributed by atoms with Gasteiger partial charge >= 0.3 is 0 Å². The lowest BCUT2D eigenvalue weighted by atomic mass is 10.0. The van der Waals surface area contributed by atoms with Gasteiger partial charge in [-0.05, 0) is 22.9 Å². The summed E-state index contributed by atoms with van der Waals surface area (Å²) in [5, 5.41) is 2.26. The highest BCUT2D eigenvalue weighted by Gasteiger charge is 2.13. The van der Waals surface area contributed by atoms with E-state index in [0.717, 1.165) is 16.3 Å². The van der Waals surface area contributed by atoms with E-state index >= 15 is 0 Å². The van der Waals surface area contributed by atoms with E-state index in [1.54, 1.807) is 20.2 Å². The van der Waals surface area contributed by atoms with E-state index < -0.39 is 0 Å². The molecule has 0 fully saturated rings. The molecule has 0 spiro atoms. The summed E-state index contributed by atoms with van der Waals surface area (Å²) in [6, 6.07) is 15.8. The largest absolute Gasteiger partial charge is 0.368 e. The van der Waals surface area contributed by atoms with Crippen LogP contribution in [-0.2, 0) is 0 Å². The second-order valence-corrected chi connectivity index (χ2v) is 5.26. The summed E-state index contributed by atoms with van der Waals surface area (Å²) in [4.78, 5) is 21.8. The van der Waals surface area contributed by atoms with E-state index in [1.165, 1.54) is 4.90 Å². The quantitative estimate of drug-likeness (QED) is 0.788. The fraction of sp³-hybridized carbons (Fsp3) is 0.118. The highest BCUT2D eigenvalue weighted by molar-refractivity contribution is 5.94. The van der Waals surface area contributed by atoms with Crippen molar-refractivity contribution in [2.75, 3.05) is 19.8 Å². The van der Waals surface area contributed by atoms with Crippen LogP contribution in [0, 0.1) is 0 Å². The van der Waals surface area contributed by atoms with Crippen molar-refractivity contribution in [3.05, 3.63) is 54.2 Å². The highest BCUT2D eigenvalue weighted by atomic mass is 16.2. The van der Waals surface area contributed by atoms with Crippen molar-refractivity contribution >= 4 is 22.6 Å². The summed E-state index contributed by atoms with van der Waals surface area (Å²) < 4.78 is 0. The van der Waals surface area contributed by atoms with Crippen LogP contribution in [-0.4, -0.2) is 34.9 Å². The molecule has 0 radical (unpaired) electrons. The zero-order valence-corrected chi connectivity index (χ0v) is 12.4. The van der Waals surface area contributed by atoms with Gasteiger partial charge in [0.15, 0.2) is 0 Å². The third-order valence-electron chi connectivity index (χ3n) is 3.41. The summed E-state index contributed by atoms with van der Waals surface area (Å²) in [7, 11) is 3.35. The van der Waals surface area contributed by atoms with Crippen molar-refractivity contribution in [1.29, 1.82) is 0 Å². The van der Waals surface area contributed by atoms with Crippen LogP contribution < -0.4 is 5.73 Å². The Hall–Kier alpha value is -2.95. The smallest absolute Gasteiger partial charge is 0.272 e. The van der Waals surface area contributed by atoms with Crippen molar-refractivity contribution in [2.45, 2.75) is 0 Å². The molecule has 1 aromatic heterocycles. The topological polar surface area (TPSA) is 72.1 Å². The normalized spacial score (nSPS) is 10.6. The molecule has 0 saturated heterocycles. The molecule has 3 aromatic rings. The molecular formula is C17H16N4O. The Bertz CT molecular complexity index is 858. The molecule has 3 rings (SSSR count). The first kappa shape index (κ1) is 14.0. The first-order valence-electron chi connectivity index (χ1n) is 6.90. The molecule has 0 aliphatic carbocycles. The molecule has 2 N–H and O–H groups in total. The SMILES string of the molecule is CN(C)C(=O)c1cc(-c2ccc3ccccc3c2)nc(N)n1. The fourth-order valence-corrected chi connectivity index (χ4v) is 2.30. The molecule has 0 aliphatic rings. The molecule has 0 bridgehead atoms. The molecule has 0 aliphatic heterocycles. The van der Waals surface area contributed by atoms with E-state index in [0.29, 0.717) is 11.4 Å². The van der Waals surface area contributed by atoms with Gasteiger partial charge in [0.25, 0.3) is 5.91 Å². The number of nitrogens with two attached hydrogens (primary N) is 1. The third-order valence-corrected chi connectivity index (χ3v) is 3.41. The molecule has 110 valence electrons. The molecule has 5 nitrogen and oxygen atoms in total. The summed E-state index contributed by atoms with van der Waals surface area (Å²) in [5.74, 6) is -0.105. The van der Waals surface area contributed by atoms with E-state index in [9.17, 15) is 4.79 Å². The summed E-state index contributed by atoms with van der Waals surface area (Å²) in [5.41, 5.74) is 7.59.